The van der Waals surface area contributed by atoms with Gasteiger partial charge in [0.05, 0.1) is 5.25 Å². The molecule has 3 rings (SSSR count). The Labute approximate surface area is 186 Å². The molecule has 0 saturated carbocycles. The molecule has 0 radical (unpaired) electrons. The average Bonchev–Trinajstić information content (AvgIpc) is 3.07. The van der Waals surface area contributed by atoms with E-state index in [4.69, 9.17) is 0 Å². The second kappa shape index (κ2) is 9.73. The highest BCUT2D eigenvalue weighted by atomic mass is 32.2. The number of hydrogen-bond donors (Lipinski definition) is 0. The summed E-state index contributed by atoms with van der Waals surface area (Å²) in [5.41, 5.74) is 2.67. The lowest BCUT2D eigenvalue weighted by atomic mass is 9.86. The number of rotatable bonds is 6. The van der Waals surface area contributed by atoms with Crippen LogP contribution in [0.5, 0.6) is 0 Å². The van der Waals surface area contributed by atoms with E-state index in [2.05, 4.69) is 61.8 Å². The molecule has 2 atom stereocenters. The molecule has 2 aliphatic heterocycles. The summed E-state index contributed by atoms with van der Waals surface area (Å²) in [7, 11) is 0. The highest BCUT2D eigenvalue weighted by molar-refractivity contribution is 8.01. The number of hydrogen-bond acceptors (Lipinski definition) is 4. The lowest BCUT2D eigenvalue weighted by molar-refractivity contribution is -0.132. The van der Waals surface area contributed by atoms with Crippen LogP contribution in [0, 0.1) is 0 Å². The third-order valence-electron chi connectivity index (χ3n) is 6.25. The second-order valence-electron chi connectivity index (χ2n) is 9.36. The molecule has 0 aromatic heterocycles. The molecule has 5 nitrogen and oxygen atoms in total. The van der Waals surface area contributed by atoms with Crippen molar-refractivity contribution in [2.24, 2.45) is 0 Å². The van der Waals surface area contributed by atoms with Gasteiger partial charge in [-0.2, -0.15) is 0 Å². The number of carbonyl (C=O) groups excluding carboxylic acids is 2. The monoisotopic (exact) mass is 431 g/mol. The van der Waals surface area contributed by atoms with Gasteiger partial charge in [0.15, 0.2) is 0 Å². The molecule has 1 aromatic carbocycles. The van der Waals surface area contributed by atoms with E-state index in [-0.39, 0.29) is 27.9 Å². The lowest BCUT2D eigenvalue weighted by Crippen LogP contribution is -2.50. The predicted octanol–water partition coefficient (Wildman–Crippen LogP) is 3.89. The predicted molar refractivity (Wildman–Crippen MR) is 125 cm³/mol. The van der Waals surface area contributed by atoms with Gasteiger partial charge < -0.3 is 9.80 Å². The second-order valence-corrected chi connectivity index (χ2v) is 10.7. The molecule has 1 aromatic rings. The maximum absolute atomic E-state index is 13.0. The molecule has 0 aliphatic carbocycles. The van der Waals surface area contributed by atoms with Gasteiger partial charge >= 0.3 is 0 Å². The number of benzene rings is 1. The molecule has 2 heterocycles. The quantitative estimate of drug-likeness (QED) is 0.685. The van der Waals surface area contributed by atoms with Gasteiger partial charge in [0.2, 0.25) is 11.8 Å². The third-order valence-corrected chi connectivity index (χ3v) is 7.90. The van der Waals surface area contributed by atoms with Crippen molar-refractivity contribution in [1.29, 1.82) is 0 Å². The number of nitrogens with zero attached hydrogens (tertiary/aromatic N) is 3. The van der Waals surface area contributed by atoms with Crippen molar-refractivity contribution in [2.45, 2.75) is 63.5 Å². The molecule has 166 valence electrons. The molecule has 2 aliphatic rings. The number of piperazine rings is 1. The van der Waals surface area contributed by atoms with Crippen LogP contribution in [0.3, 0.4) is 0 Å². The fourth-order valence-electron chi connectivity index (χ4n) is 4.19. The van der Waals surface area contributed by atoms with Crippen molar-refractivity contribution < 1.29 is 9.59 Å². The van der Waals surface area contributed by atoms with Gasteiger partial charge in [0.1, 0.15) is 5.37 Å². The Bertz CT molecular complexity index is 736. The van der Waals surface area contributed by atoms with Crippen LogP contribution in [0.25, 0.3) is 0 Å². The SMILES string of the molecule is CCC(=O)N1CCN(CCN2C(=O)C(CC)SC2c2ccc(C(C)(C)C)cc2)CC1. The molecule has 6 heteroatoms. The fraction of sp³-hybridized carbons (Fsp3) is 0.667. The molecule has 2 amide bonds. The van der Waals surface area contributed by atoms with Gasteiger partial charge in [-0.1, -0.05) is 58.9 Å². The van der Waals surface area contributed by atoms with Crippen molar-refractivity contribution in [1.82, 2.24) is 14.7 Å². The first-order chi connectivity index (χ1) is 14.2. The summed E-state index contributed by atoms with van der Waals surface area (Å²) in [5.74, 6) is 0.512. The van der Waals surface area contributed by atoms with Crippen LogP contribution in [-0.4, -0.2) is 71.0 Å². The van der Waals surface area contributed by atoms with E-state index in [0.717, 1.165) is 45.7 Å². The molecule has 30 heavy (non-hydrogen) atoms. The van der Waals surface area contributed by atoms with Crippen LogP contribution in [-0.2, 0) is 15.0 Å². The van der Waals surface area contributed by atoms with E-state index in [0.29, 0.717) is 6.42 Å². The van der Waals surface area contributed by atoms with Gasteiger partial charge in [-0.3, -0.25) is 14.5 Å². The van der Waals surface area contributed by atoms with E-state index >= 15 is 0 Å². The standard InChI is InChI=1S/C24H37N3O2S/c1-6-20-22(29)27(17-14-25-12-15-26(16-13-25)21(28)7-2)23(30-20)18-8-10-19(11-9-18)24(3,4)5/h8-11,20,23H,6-7,12-17H2,1-5H3. The van der Waals surface area contributed by atoms with Crippen LogP contribution in [0.4, 0.5) is 0 Å². The van der Waals surface area contributed by atoms with Crippen LogP contribution in [0.2, 0.25) is 0 Å². The minimum atomic E-state index is 0.0521. The zero-order valence-electron chi connectivity index (χ0n) is 19.2. The fourth-order valence-corrected chi connectivity index (χ4v) is 5.61. The largest absolute Gasteiger partial charge is 0.340 e. The van der Waals surface area contributed by atoms with Crippen LogP contribution < -0.4 is 0 Å². The van der Waals surface area contributed by atoms with Crippen molar-refractivity contribution in [3.63, 3.8) is 0 Å². The number of amides is 2. The summed E-state index contributed by atoms with van der Waals surface area (Å²) in [6, 6.07) is 8.82. The Morgan fingerprint density at radius 2 is 1.67 bits per heavy atom. The lowest BCUT2D eigenvalue weighted by Gasteiger charge is -2.36. The molecular weight excluding hydrogens is 394 g/mol. The Hall–Kier alpha value is -1.53. The summed E-state index contributed by atoms with van der Waals surface area (Å²) >= 11 is 1.79. The maximum Gasteiger partial charge on any atom is 0.236 e. The Morgan fingerprint density at radius 3 is 2.20 bits per heavy atom. The van der Waals surface area contributed by atoms with E-state index in [1.54, 1.807) is 11.8 Å². The van der Waals surface area contributed by atoms with Crippen LogP contribution >= 0.6 is 11.8 Å². The van der Waals surface area contributed by atoms with Crippen molar-refractivity contribution >= 4 is 23.6 Å². The zero-order chi connectivity index (χ0) is 21.9. The van der Waals surface area contributed by atoms with E-state index < -0.39 is 0 Å². The zero-order valence-corrected chi connectivity index (χ0v) is 20.0. The highest BCUT2D eigenvalue weighted by Crippen LogP contribution is 2.44. The summed E-state index contributed by atoms with van der Waals surface area (Å²) in [6.45, 7) is 15.7. The normalized spacial score (nSPS) is 23.3. The van der Waals surface area contributed by atoms with Gasteiger partial charge in [0.25, 0.3) is 0 Å². The maximum atomic E-state index is 13.0. The van der Waals surface area contributed by atoms with Gasteiger partial charge in [-0.15, -0.1) is 11.8 Å². The van der Waals surface area contributed by atoms with Crippen LogP contribution in [0.15, 0.2) is 24.3 Å². The van der Waals surface area contributed by atoms with Gasteiger partial charge in [-0.05, 0) is 23.0 Å². The summed E-state index contributed by atoms with van der Waals surface area (Å²) in [6.07, 6.45) is 1.45. The first-order valence-electron chi connectivity index (χ1n) is 11.3. The molecule has 2 fully saturated rings. The molecule has 2 saturated heterocycles. The minimum Gasteiger partial charge on any atom is -0.340 e. The van der Waals surface area contributed by atoms with Crippen molar-refractivity contribution in [2.75, 3.05) is 39.3 Å². The summed E-state index contributed by atoms with van der Waals surface area (Å²) in [5, 5.41) is 0.149. The minimum absolute atomic E-state index is 0.0521. The highest BCUT2D eigenvalue weighted by Gasteiger charge is 2.40. The number of thioether (sulfide) groups is 1. The molecule has 0 N–H and O–H groups in total. The molecule has 2 unspecified atom stereocenters. The Kier molecular flexibility index (Phi) is 7.51. The first kappa shape index (κ1) is 23.1. The molecule has 0 spiro atoms. The topological polar surface area (TPSA) is 43.9 Å². The Morgan fingerprint density at radius 1 is 1.03 bits per heavy atom. The van der Waals surface area contributed by atoms with Crippen molar-refractivity contribution in [3.8, 4) is 0 Å². The van der Waals surface area contributed by atoms with Crippen molar-refractivity contribution in [3.05, 3.63) is 35.4 Å². The summed E-state index contributed by atoms with van der Waals surface area (Å²) < 4.78 is 0. The summed E-state index contributed by atoms with van der Waals surface area (Å²) in [4.78, 5) is 31.3. The molecule has 0 bridgehead atoms. The van der Waals surface area contributed by atoms with Gasteiger partial charge in [0, 0.05) is 45.7 Å². The van der Waals surface area contributed by atoms with Crippen LogP contribution in [0.1, 0.15) is 64.0 Å². The third kappa shape index (κ3) is 5.20. The smallest absolute Gasteiger partial charge is 0.236 e. The molecular formula is C24H37N3O2S. The van der Waals surface area contributed by atoms with Gasteiger partial charge in [-0.25, -0.2) is 0 Å². The van der Waals surface area contributed by atoms with E-state index in [9.17, 15) is 9.59 Å². The number of carbonyl (C=O) groups is 2. The Balaban J connectivity index is 1.64. The van der Waals surface area contributed by atoms with E-state index in [1.807, 2.05) is 11.8 Å². The average molecular weight is 432 g/mol. The van der Waals surface area contributed by atoms with E-state index in [1.165, 1.54) is 11.1 Å². The first-order valence-corrected chi connectivity index (χ1v) is 12.2.